The van der Waals surface area contributed by atoms with Gasteiger partial charge in [-0.25, -0.2) is 4.79 Å². The summed E-state index contributed by atoms with van der Waals surface area (Å²) in [6.07, 6.45) is 1.62. The lowest BCUT2D eigenvalue weighted by molar-refractivity contribution is -0.128. The molecule has 8 heteroatoms. The quantitative estimate of drug-likeness (QED) is 0.601. The molecular formula is C25H32N4O4. The van der Waals surface area contributed by atoms with Gasteiger partial charge in [-0.3, -0.25) is 9.59 Å². The molecule has 1 heterocycles. The fraction of sp³-hybridized carbons (Fsp3) is 0.400. The third kappa shape index (κ3) is 6.97. The molecule has 0 saturated carbocycles. The van der Waals surface area contributed by atoms with Gasteiger partial charge in [0, 0.05) is 38.2 Å². The first-order chi connectivity index (χ1) is 15.9. The number of carbonyl (C=O) groups excluding carboxylic acids is 3. The molecule has 1 aliphatic rings. The van der Waals surface area contributed by atoms with Gasteiger partial charge in [0.1, 0.15) is 11.8 Å². The highest BCUT2D eigenvalue weighted by molar-refractivity contribution is 5.89. The molecule has 8 nitrogen and oxygen atoms in total. The van der Waals surface area contributed by atoms with Gasteiger partial charge in [0.05, 0.1) is 7.11 Å². The molecule has 0 unspecified atom stereocenters. The molecule has 176 valence electrons. The second-order valence-electron chi connectivity index (χ2n) is 8.34. The van der Waals surface area contributed by atoms with Gasteiger partial charge in [-0.2, -0.15) is 0 Å². The standard InChI is InChI=1S/C25H32N4O4/c1-17-7-6-9-21(15-17)28-25(32)29-13-11-20(12-14-29)27-24(31)22(26-18(2)30)16-19-8-4-5-10-23(19)33-3/h4-10,15,20,22H,11-14,16H2,1-3H3,(H,26,30)(H,27,31)(H,28,32)/t22-/m1/s1. The maximum absolute atomic E-state index is 13.0. The van der Waals surface area contributed by atoms with E-state index in [-0.39, 0.29) is 23.9 Å². The van der Waals surface area contributed by atoms with Gasteiger partial charge in [0.2, 0.25) is 11.8 Å². The summed E-state index contributed by atoms with van der Waals surface area (Å²) in [5.41, 5.74) is 2.69. The number of anilines is 1. The molecule has 2 aromatic rings. The number of likely N-dealkylation sites (tertiary alicyclic amines) is 1. The first kappa shape index (κ1) is 24.1. The van der Waals surface area contributed by atoms with Crippen LogP contribution in [0.25, 0.3) is 0 Å². The van der Waals surface area contributed by atoms with Crippen LogP contribution in [-0.2, 0) is 16.0 Å². The Morgan fingerprint density at radius 1 is 1.09 bits per heavy atom. The van der Waals surface area contributed by atoms with Crippen molar-refractivity contribution in [3.63, 3.8) is 0 Å². The van der Waals surface area contributed by atoms with Crippen LogP contribution in [-0.4, -0.2) is 55.0 Å². The number of para-hydroxylation sites is 1. The number of ether oxygens (including phenoxy) is 1. The van der Waals surface area contributed by atoms with E-state index < -0.39 is 6.04 Å². The first-order valence-electron chi connectivity index (χ1n) is 11.2. The number of methoxy groups -OCH3 is 1. The number of nitrogens with one attached hydrogen (secondary N) is 3. The largest absolute Gasteiger partial charge is 0.496 e. The molecule has 0 bridgehead atoms. The second kappa shape index (κ2) is 11.4. The van der Waals surface area contributed by atoms with Crippen LogP contribution in [0.4, 0.5) is 10.5 Å². The molecule has 0 radical (unpaired) electrons. The maximum atomic E-state index is 13.0. The van der Waals surface area contributed by atoms with Crippen LogP contribution in [0.1, 0.15) is 30.9 Å². The fourth-order valence-electron chi connectivity index (χ4n) is 4.00. The second-order valence-corrected chi connectivity index (χ2v) is 8.34. The van der Waals surface area contributed by atoms with E-state index in [0.29, 0.717) is 38.1 Å². The summed E-state index contributed by atoms with van der Waals surface area (Å²) in [5.74, 6) is 0.167. The molecule has 1 fully saturated rings. The molecule has 4 amide bonds. The Morgan fingerprint density at radius 3 is 2.48 bits per heavy atom. The molecule has 0 aliphatic carbocycles. The van der Waals surface area contributed by atoms with Gasteiger partial charge in [-0.1, -0.05) is 30.3 Å². The normalized spacial score (nSPS) is 14.8. The minimum absolute atomic E-state index is 0.0607. The number of aryl methyl sites for hydroxylation is 1. The zero-order valence-corrected chi connectivity index (χ0v) is 19.4. The Balaban J connectivity index is 1.54. The lowest BCUT2D eigenvalue weighted by Gasteiger charge is -2.33. The van der Waals surface area contributed by atoms with Crippen LogP contribution in [0.2, 0.25) is 0 Å². The predicted molar refractivity (Wildman–Crippen MR) is 127 cm³/mol. The number of benzene rings is 2. The van der Waals surface area contributed by atoms with Crippen molar-refractivity contribution >= 4 is 23.5 Å². The van der Waals surface area contributed by atoms with E-state index in [1.807, 2.05) is 55.5 Å². The van der Waals surface area contributed by atoms with Crippen molar-refractivity contribution in [1.29, 1.82) is 0 Å². The van der Waals surface area contributed by atoms with Crippen LogP contribution in [0.3, 0.4) is 0 Å². The highest BCUT2D eigenvalue weighted by Crippen LogP contribution is 2.20. The lowest BCUT2D eigenvalue weighted by Crippen LogP contribution is -2.53. The van der Waals surface area contributed by atoms with Gasteiger partial charge in [-0.05, 0) is 49.1 Å². The molecule has 1 atom stereocenters. The van der Waals surface area contributed by atoms with Crippen molar-refractivity contribution in [1.82, 2.24) is 15.5 Å². The Labute approximate surface area is 194 Å². The highest BCUT2D eigenvalue weighted by Gasteiger charge is 2.27. The summed E-state index contributed by atoms with van der Waals surface area (Å²) in [6.45, 7) is 4.46. The smallest absolute Gasteiger partial charge is 0.321 e. The number of rotatable bonds is 7. The van der Waals surface area contributed by atoms with Crippen molar-refractivity contribution in [3.05, 3.63) is 59.7 Å². The number of carbonyl (C=O) groups is 3. The summed E-state index contributed by atoms with van der Waals surface area (Å²) in [5, 5.41) is 8.72. The van der Waals surface area contributed by atoms with Gasteiger partial charge in [-0.15, -0.1) is 0 Å². The summed E-state index contributed by atoms with van der Waals surface area (Å²) < 4.78 is 5.38. The number of urea groups is 1. The molecule has 1 saturated heterocycles. The fourth-order valence-corrected chi connectivity index (χ4v) is 4.00. The average Bonchev–Trinajstić information content (AvgIpc) is 2.79. The van der Waals surface area contributed by atoms with E-state index in [9.17, 15) is 14.4 Å². The van der Waals surface area contributed by atoms with Crippen molar-refractivity contribution in [2.45, 2.75) is 45.2 Å². The minimum Gasteiger partial charge on any atom is -0.496 e. The molecule has 0 spiro atoms. The number of piperidine rings is 1. The van der Waals surface area contributed by atoms with Crippen molar-refractivity contribution < 1.29 is 19.1 Å². The summed E-state index contributed by atoms with van der Waals surface area (Å²) in [7, 11) is 1.58. The van der Waals surface area contributed by atoms with E-state index in [1.54, 1.807) is 12.0 Å². The lowest BCUT2D eigenvalue weighted by atomic mass is 10.0. The van der Waals surface area contributed by atoms with Gasteiger partial charge >= 0.3 is 6.03 Å². The van der Waals surface area contributed by atoms with Crippen LogP contribution in [0.15, 0.2) is 48.5 Å². The van der Waals surface area contributed by atoms with Gasteiger partial charge in [0.15, 0.2) is 0 Å². The summed E-state index contributed by atoms with van der Waals surface area (Å²) >= 11 is 0. The Hall–Kier alpha value is -3.55. The van der Waals surface area contributed by atoms with E-state index in [0.717, 1.165) is 16.8 Å². The van der Waals surface area contributed by atoms with Crippen molar-refractivity contribution in [3.8, 4) is 5.75 Å². The monoisotopic (exact) mass is 452 g/mol. The third-order valence-corrected chi connectivity index (χ3v) is 5.71. The molecule has 3 rings (SSSR count). The van der Waals surface area contributed by atoms with Crippen LogP contribution < -0.4 is 20.7 Å². The highest BCUT2D eigenvalue weighted by atomic mass is 16.5. The number of hydrogen-bond donors (Lipinski definition) is 3. The maximum Gasteiger partial charge on any atom is 0.321 e. The van der Waals surface area contributed by atoms with Crippen molar-refractivity contribution in [2.75, 3.05) is 25.5 Å². The Bertz CT molecular complexity index is 986. The zero-order valence-electron chi connectivity index (χ0n) is 19.4. The molecule has 3 N–H and O–H groups in total. The topological polar surface area (TPSA) is 99.8 Å². The van der Waals surface area contributed by atoms with E-state index in [1.165, 1.54) is 6.92 Å². The number of amides is 4. The van der Waals surface area contributed by atoms with Crippen LogP contribution in [0.5, 0.6) is 5.75 Å². The average molecular weight is 453 g/mol. The van der Waals surface area contributed by atoms with E-state index >= 15 is 0 Å². The Kier molecular flexibility index (Phi) is 8.29. The predicted octanol–water partition coefficient (Wildman–Crippen LogP) is 2.86. The first-order valence-corrected chi connectivity index (χ1v) is 11.2. The van der Waals surface area contributed by atoms with Crippen LogP contribution >= 0.6 is 0 Å². The molecule has 2 aromatic carbocycles. The third-order valence-electron chi connectivity index (χ3n) is 5.71. The molecular weight excluding hydrogens is 420 g/mol. The SMILES string of the molecule is COc1ccccc1C[C@@H](NC(C)=O)C(=O)NC1CCN(C(=O)Nc2cccc(C)c2)CC1. The molecule has 0 aromatic heterocycles. The summed E-state index contributed by atoms with van der Waals surface area (Å²) in [4.78, 5) is 39.0. The van der Waals surface area contributed by atoms with Gasteiger partial charge in [0.25, 0.3) is 0 Å². The number of hydrogen-bond acceptors (Lipinski definition) is 4. The van der Waals surface area contributed by atoms with Crippen molar-refractivity contribution in [2.24, 2.45) is 0 Å². The number of nitrogens with zero attached hydrogens (tertiary/aromatic N) is 1. The van der Waals surface area contributed by atoms with Crippen LogP contribution in [0, 0.1) is 6.92 Å². The minimum atomic E-state index is -0.707. The van der Waals surface area contributed by atoms with Gasteiger partial charge < -0.3 is 25.6 Å². The van der Waals surface area contributed by atoms with E-state index in [2.05, 4.69) is 16.0 Å². The molecule has 33 heavy (non-hydrogen) atoms. The van der Waals surface area contributed by atoms with E-state index in [4.69, 9.17) is 4.74 Å². The Morgan fingerprint density at radius 2 is 1.82 bits per heavy atom. The molecule has 1 aliphatic heterocycles. The zero-order chi connectivity index (χ0) is 23.8. The summed E-state index contributed by atoms with van der Waals surface area (Å²) in [6, 6.07) is 14.2.